The molecule has 25 heavy (non-hydrogen) atoms. The summed E-state index contributed by atoms with van der Waals surface area (Å²) in [4.78, 5) is 11.9. The fraction of sp³-hybridized carbons (Fsp3) is 0.118. The maximum atomic E-state index is 13.5. The van der Waals surface area contributed by atoms with Gasteiger partial charge in [-0.15, -0.1) is 0 Å². The second kappa shape index (κ2) is 7.78. The summed E-state index contributed by atoms with van der Waals surface area (Å²) in [7, 11) is 0. The lowest BCUT2D eigenvalue weighted by Crippen LogP contribution is -2.22. The average molecular weight is 356 g/mol. The molecule has 2 aromatic carbocycles. The number of carbonyl (C=O) groups is 1. The molecule has 2 aromatic rings. The molecule has 0 aliphatic heterocycles. The van der Waals surface area contributed by atoms with Crippen molar-refractivity contribution in [3.05, 3.63) is 65.7 Å². The largest absolute Gasteiger partial charge is 0.405 e. The average Bonchev–Trinajstić information content (AvgIpc) is 2.53. The third-order valence-corrected chi connectivity index (χ3v) is 3.07. The Kier molecular flexibility index (Phi) is 5.74. The van der Waals surface area contributed by atoms with Crippen molar-refractivity contribution in [2.24, 2.45) is 0 Å². The first kappa shape index (κ1) is 18.4. The van der Waals surface area contributed by atoms with E-state index < -0.39 is 30.3 Å². The number of benzene rings is 2. The molecule has 8 heteroatoms. The molecule has 132 valence electrons. The van der Waals surface area contributed by atoms with Crippen molar-refractivity contribution in [2.45, 2.75) is 6.18 Å². The van der Waals surface area contributed by atoms with Gasteiger partial charge in [-0.3, -0.25) is 4.79 Å². The van der Waals surface area contributed by atoms with Gasteiger partial charge in [-0.05, 0) is 30.3 Å². The molecule has 0 saturated carbocycles. The normalized spacial score (nSPS) is 11.6. The number of hydrogen-bond donors (Lipinski definition) is 2. The van der Waals surface area contributed by atoms with Gasteiger partial charge in [0.05, 0.1) is 11.4 Å². The monoisotopic (exact) mass is 356 g/mol. The van der Waals surface area contributed by atoms with E-state index in [1.165, 1.54) is 30.3 Å². The quantitative estimate of drug-likeness (QED) is 0.608. The van der Waals surface area contributed by atoms with Crippen molar-refractivity contribution in [1.82, 2.24) is 0 Å². The highest BCUT2D eigenvalue weighted by Gasteiger charge is 2.26. The second-order valence-electron chi connectivity index (χ2n) is 4.97. The second-order valence-corrected chi connectivity index (χ2v) is 4.97. The fourth-order valence-electron chi connectivity index (χ4n) is 1.95. The number of para-hydroxylation sites is 2. The van der Waals surface area contributed by atoms with Gasteiger partial charge in [0, 0.05) is 11.6 Å². The van der Waals surface area contributed by atoms with Crippen LogP contribution in [0.5, 0.6) is 0 Å². The third-order valence-electron chi connectivity index (χ3n) is 3.07. The van der Waals surface area contributed by atoms with Gasteiger partial charge in [0.2, 0.25) is 5.91 Å². The molecule has 0 aromatic heterocycles. The first-order valence-corrected chi connectivity index (χ1v) is 7.09. The first-order valence-electron chi connectivity index (χ1n) is 7.09. The van der Waals surface area contributed by atoms with E-state index >= 15 is 0 Å². The Bertz CT molecular complexity index is 767. The van der Waals surface area contributed by atoms with Crippen molar-refractivity contribution in [3.63, 3.8) is 0 Å². The first-order chi connectivity index (χ1) is 11.8. The summed E-state index contributed by atoms with van der Waals surface area (Å²) in [6, 6.07) is 9.04. The van der Waals surface area contributed by atoms with Crippen LogP contribution in [0.4, 0.5) is 33.3 Å². The molecule has 0 aliphatic carbocycles. The Morgan fingerprint density at radius 3 is 2.16 bits per heavy atom. The Morgan fingerprint density at radius 2 is 1.56 bits per heavy atom. The number of anilines is 2. The van der Waals surface area contributed by atoms with E-state index in [0.29, 0.717) is 0 Å². The van der Waals surface area contributed by atoms with Gasteiger partial charge in [-0.2, -0.15) is 13.2 Å². The summed E-state index contributed by atoms with van der Waals surface area (Å²) >= 11 is 0. The Labute approximate surface area is 140 Å². The minimum atomic E-state index is -4.42. The van der Waals surface area contributed by atoms with Gasteiger partial charge in [0.25, 0.3) is 0 Å². The minimum absolute atomic E-state index is 0.0682. The molecular weight excluding hydrogens is 343 g/mol. The van der Waals surface area contributed by atoms with Crippen LogP contribution < -0.4 is 10.6 Å². The van der Waals surface area contributed by atoms with Crippen LogP contribution in [0.3, 0.4) is 0 Å². The molecule has 0 fully saturated rings. The van der Waals surface area contributed by atoms with Crippen molar-refractivity contribution in [1.29, 1.82) is 0 Å². The van der Waals surface area contributed by atoms with E-state index in [2.05, 4.69) is 10.6 Å². The van der Waals surface area contributed by atoms with E-state index in [1.807, 2.05) is 0 Å². The van der Waals surface area contributed by atoms with Gasteiger partial charge in [-0.1, -0.05) is 18.2 Å². The molecule has 0 spiro atoms. The van der Waals surface area contributed by atoms with Crippen molar-refractivity contribution >= 4 is 23.4 Å². The van der Waals surface area contributed by atoms with Crippen LogP contribution in [0.2, 0.25) is 0 Å². The number of amides is 1. The van der Waals surface area contributed by atoms with Crippen LogP contribution in [-0.4, -0.2) is 18.6 Å². The number of alkyl halides is 3. The lowest BCUT2D eigenvalue weighted by molar-refractivity contribution is -0.115. The van der Waals surface area contributed by atoms with E-state index in [0.717, 1.165) is 24.3 Å². The highest BCUT2D eigenvalue weighted by Crippen LogP contribution is 2.23. The number of rotatable bonds is 5. The zero-order chi connectivity index (χ0) is 18.4. The maximum absolute atomic E-state index is 13.5. The summed E-state index contributed by atoms with van der Waals surface area (Å²) in [5.74, 6) is -2.42. The van der Waals surface area contributed by atoms with Crippen LogP contribution in [0.1, 0.15) is 5.56 Å². The molecule has 2 rings (SSSR count). The molecule has 0 atom stereocenters. The standard InChI is InChI=1S/C17H13F5N2O/c18-12-4-3-5-13(19)11(12)8-9-16(25)24-15-7-2-1-6-14(15)23-10-17(20,21)22/h1-9,23H,10H2,(H,24,25)/b9-8+. The topological polar surface area (TPSA) is 41.1 Å². The summed E-state index contributed by atoms with van der Waals surface area (Å²) in [5.41, 5.74) is -0.213. The molecule has 0 bridgehead atoms. The number of nitrogens with one attached hydrogen (secondary N) is 2. The predicted molar refractivity (Wildman–Crippen MR) is 85.0 cm³/mol. The number of hydrogen-bond acceptors (Lipinski definition) is 2. The third kappa shape index (κ3) is 5.59. The lowest BCUT2D eigenvalue weighted by atomic mass is 10.2. The summed E-state index contributed by atoms with van der Waals surface area (Å²) < 4.78 is 63.8. The molecule has 3 nitrogen and oxygen atoms in total. The van der Waals surface area contributed by atoms with Gasteiger partial charge >= 0.3 is 6.18 Å². The Morgan fingerprint density at radius 1 is 0.960 bits per heavy atom. The molecule has 0 unspecified atom stereocenters. The van der Waals surface area contributed by atoms with Crippen LogP contribution in [0.15, 0.2) is 48.5 Å². The summed E-state index contributed by atoms with van der Waals surface area (Å²) in [6.45, 7) is -1.27. The zero-order valence-electron chi connectivity index (χ0n) is 12.7. The van der Waals surface area contributed by atoms with Crippen LogP contribution in [0.25, 0.3) is 6.08 Å². The van der Waals surface area contributed by atoms with Gasteiger partial charge < -0.3 is 10.6 Å². The van der Waals surface area contributed by atoms with Crippen molar-refractivity contribution in [3.8, 4) is 0 Å². The van der Waals surface area contributed by atoms with Crippen molar-refractivity contribution < 1.29 is 26.7 Å². The van der Waals surface area contributed by atoms with Crippen LogP contribution in [0, 0.1) is 11.6 Å². The zero-order valence-corrected chi connectivity index (χ0v) is 12.7. The molecule has 0 heterocycles. The maximum Gasteiger partial charge on any atom is 0.405 e. The molecular formula is C17H13F5N2O. The van der Waals surface area contributed by atoms with Gasteiger partial charge in [0.1, 0.15) is 18.2 Å². The smallest absolute Gasteiger partial charge is 0.375 e. The summed E-state index contributed by atoms with van der Waals surface area (Å²) in [6.07, 6.45) is -2.58. The molecule has 0 saturated heterocycles. The molecule has 0 aliphatic rings. The highest BCUT2D eigenvalue weighted by molar-refractivity contribution is 6.03. The van der Waals surface area contributed by atoms with Crippen LogP contribution >= 0.6 is 0 Å². The Hall–Kier alpha value is -2.90. The SMILES string of the molecule is O=C(/C=C/c1c(F)cccc1F)Nc1ccccc1NCC(F)(F)F. The highest BCUT2D eigenvalue weighted by atomic mass is 19.4. The molecule has 2 N–H and O–H groups in total. The van der Waals surface area contributed by atoms with E-state index in [-0.39, 0.29) is 16.9 Å². The minimum Gasteiger partial charge on any atom is -0.375 e. The van der Waals surface area contributed by atoms with Crippen LogP contribution in [-0.2, 0) is 4.79 Å². The summed E-state index contributed by atoms with van der Waals surface area (Å²) in [5, 5.41) is 4.52. The lowest BCUT2D eigenvalue weighted by Gasteiger charge is -2.13. The fourth-order valence-corrected chi connectivity index (χ4v) is 1.95. The van der Waals surface area contributed by atoms with Gasteiger partial charge in [-0.25, -0.2) is 8.78 Å². The van der Waals surface area contributed by atoms with E-state index in [9.17, 15) is 26.7 Å². The van der Waals surface area contributed by atoms with E-state index in [4.69, 9.17) is 0 Å². The predicted octanol–water partition coefficient (Wildman–Crippen LogP) is 4.59. The molecule has 1 amide bonds. The number of halogens is 5. The molecule has 0 radical (unpaired) electrons. The number of carbonyl (C=O) groups excluding carboxylic acids is 1. The van der Waals surface area contributed by atoms with Gasteiger partial charge in [0.15, 0.2) is 0 Å². The Balaban J connectivity index is 2.09. The van der Waals surface area contributed by atoms with E-state index in [1.54, 1.807) is 0 Å². The van der Waals surface area contributed by atoms with Crippen molar-refractivity contribution in [2.75, 3.05) is 17.2 Å².